The van der Waals surface area contributed by atoms with Gasteiger partial charge in [-0.2, -0.15) is 0 Å². The third-order valence-corrected chi connectivity index (χ3v) is 3.72. The van der Waals surface area contributed by atoms with Gasteiger partial charge in [0.1, 0.15) is 17.3 Å². The van der Waals surface area contributed by atoms with Crippen molar-refractivity contribution < 1.29 is 0 Å². The van der Waals surface area contributed by atoms with E-state index in [0.29, 0.717) is 28.1 Å². The summed E-state index contributed by atoms with van der Waals surface area (Å²) in [6.07, 6.45) is 1.81. The zero-order valence-corrected chi connectivity index (χ0v) is 14.0. The lowest BCUT2D eigenvalue weighted by molar-refractivity contribution is 0.515. The standard InChI is InChI=1S/C16H19Cl2N3/c1-5-8-21-14(19)13(20-15(21)16(2,3)4)11-7-6-10(17)9-12(11)18/h5-7,9H,1,8,19H2,2-4H3. The molecule has 0 spiro atoms. The number of nitrogen functional groups attached to an aromatic ring is 1. The highest BCUT2D eigenvalue weighted by atomic mass is 35.5. The molecule has 0 bridgehead atoms. The zero-order valence-electron chi connectivity index (χ0n) is 12.5. The van der Waals surface area contributed by atoms with Crippen LogP contribution >= 0.6 is 23.2 Å². The van der Waals surface area contributed by atoms with Gasteiger partial charge in [0, 0.05) is 22.5 Å². The summed E-state index contributed by atoms with van der Waals surface area (Å²) in [5.41, 5.74) is 7.62. The summed E-state index contributed by atoms with van der Waals surface area (Å²) >= 11 is 12.2. The number of hydrogen-bond acceptors (Lipinski definition) is 2. The molecule has 0 unspecified atom stereocenters. The highest BCUT2D eigenvalue weighted by Crippen LogP contribution is 2.36. The van der Waals surface area contributed by atoms with Crippen molar-refractivity contribution in [2.45, 2.75) is 32.7 Å². The summed E-state index contributed by atoms with van der Waals surface area (Å²) < 4.78 is 1.97. The van der Waals surface area contributed by atoms with Crippen LogP contribution in [0.3, 0.4) is 0 Å². The molecule has 0 amide bonds. The van der Waals surface area contributed by atoms with Gasteiger partial charge in [0.05, 0.1) is 5.02 Å². The molecule has 2 rings (SSSR count). The van der Waals surface area contributed by atoms with Gasteiger partial charge in [-0.15, -0.1) is 6.58 Å². The molecule has 21 heavy (non-hydrogen) atoms. The molecule has 3 nitrogen and oxygen atoms in total. The fourth-order valence-corrected chi connectivity index (χ4v) is 2.73. The Balaban J connectivity index is 2.67. The van der Waals surface area contributed by atoms with Crippen LogP contribution in [0, 0.1) is 0 Å². The lowest BCUT2D eigenvalue weighted by atomic mass is 9.95. The van der Waals surface area contributed by atoms with Crippen LogP contribution in [-0.4, -0.2) is 9.55 Å². The van der Waals surface area contributed by atoms with Gasteiger partial charge >= 0.3 is 0 Å². The van der Waals surface area contributed by atoms with E-state index in [1.807, 2.05) is 10.6 Å². The smallest absolute Gasteiger partial charge is 0.132 e. The molecule has 0 fully saturated rings. The zero-order chi connectivity index (χ0) is 15.8. The first kappa shape index (κ1) is 15.9. The molecular weight excluding hydrogens is 305 g/mol. The van der Waals surface area contributed by atoms with Gasteiger partial charge in [0.25, 0.3) is 0 Å². The maximum atomic E-state index is 6.29. The second-order valence-corrected chi connectivity index (χ2v) is 6.79. The van der Waals surface area contributed by atoms with E-state index in [-0.39, 0.29) is 5.41 Å². The number of rotatable bonds is 3. The number of anilines is 1. The number of aromatic nitrogens is 2. The van der Waals surface area contributed by atoms with E-state index in [4.69, 9.17) is 33.9 Å². The summed E-state index contributed by atoms with van der Waals surface area (Å²) in [6, 6.07) is 5.32. The van der Waals surface area contributed by atoms with Crippen molar-refractivity contribution in [3.05, 3.63) is 46.7 Å². The van der Waals surface area contributed by atoms with Crippen molar-refractivity contribution >= 4 is 29.0 Å². The molecule has 0 aliphatic carbocycles. The monoisotopic (exact) mass is 323 g/mol. The molecule has 2 aromatic rings. The quantitative estimate of drug-likeness (QED) is 0.814. The normalized spacial score (nSPS) is 11.7. The van der Waals surface area contributed by atoms with Crippen LogP contribution in [0.1, 0.15) is 26.6 Å². The van der Waals surface area contributed by atoms with Gasteiger partial charge in [-0.3, -0.25) is 0 Å². The predicted molar refractivity (Wildman–Crippen MR) is 91.0 cm³/mol. The first-order valence-corrected chi connectivity index (χ1v) is 7.44. The van der Waals surface area contributed by atoms with Gasteiger partial charge in [0.2, 0.25) is 0 Å². The van der Waals surface area contributed by atoms with Crippen LogP contribution in [0.4, 0.5) is 5.82 Å². The van der Waals surface area contributed by atoms with Gasteiger partial charge in [0.15, 0.2) is 0 Å². The summed E-state index contributed by atoms with van der Waals surface area (Å²) in [4.78, 5) is 4.72. The molecular formula is C16H19Cl2N3. The van der Waals surface area contributed by atoms with Crippen molar-refractivity contribution in [1.29, 1.82) is 0 Å². The average Bonchev–Trinajstić information content (AvgIpc) is 2.68. The molecule has 0 saturated carbocycles. The Hall–Kier alpha value is -1.45. The van der Waals surface area contributed by atoms with Crippen LogP contribution in [0.15, 0.2) is 30.9 Å². The van der Waals surface area contributed by atoms with E-state index in [2.05, 4.69) is 27.4 Å². The molecule has 5 heteroatoms. The van der Waals surface area contributed by atoms with Crippen LogP contribution in [0.5, 0.6) is 0 Å². The van der Waals surface area contributed by atoms with Gasteiger partial charge in [-0.05, 0) is 18.2 Å². The number of allylic oxidation sites excluding steroid dienone is 1. The second-order valence-electron chi connectivity index (χ2n) is 5.94. The maximum absolute atomic E-state index is 6.29. The van der Waals surface area contributed by atoms with E-state index < -0.39 is 0 Å². The lowest BCUT2D eigenvalue weighted by Gasteiger charge is -2.19. The van der Waals surface area contributed by atoms with E-state index in [1.54, 1.807) is 18.2 Å². The predicted octanol–water partition coefficient (Wildman–Crippen LogP) is 4.92. The maximum Gasteiger partial charge on any atom is 0.132 e. The summed E-state index contributed by atoms with van der Waals surface area (Å²) in [7, 11) is 0. The molecule has 0 aliphatic heterocycles. The van der Waals surface area contributed by atoms with E-state index in [9.17, 15) is 0 Å². The van der Waals surface area contributed by atoms with Crippen LogP contribution in [-0.2, 0) is 12.0 Å². The SMILES string of the molecule is C=CCn1c(C(C)(C)C)nc(-c2ccc(Cl)cc2Cl)c1N. The van der Waals surface area contributed by atoms with Crippen molar-refractivity contribution in [3.63, 3.8) is 0 Å². The first-order chi connectivity index (χ1) is 9.75. The van der Waals surface area contributed by atoms with Gasteiger partial charge in [-0.25, -0.2) is 4.98 Å². The van der Waals surface area contributed by atoms with E-state index in [1.165, 1.54) is 0 Å². The van der Waals surface area contributed by atoms with E-state index >= 15 is 0 Å². The van der Waals surface area contributed by atoms with Crippen LogP contribution in [0.2, 0.25) is 10.0 Å². The lowest BCUT2D eigenvalue weighted by Crippen LogP contribution is -2.19. The van der Waals surface area contributed by atoms with Crippen molar-refractivity contribution in [3.8, 4) is 11.3 Å². The molecule has 1 heterocycles. The van der Waals surface area contributed by atoms with Crippen molar-refractivity contribution in [2.75, 3.05) is 5.73 Å². The van der Waals surface area contributed by atoms with Crippen molar-refractivity contribution in [2.24, 2.45) is 0 Å². The number of nitrogens with zero attached hydrogens (tertiary/aromatic N) is 2. The number of imidazole rings is 1. The Morgan fingerprint density at radius 3 is 2.52 bits per heavy atom. The Morgan fingerprint density at radius 2 is 2.00 bits per heavy atom. The molecule has 1 aromatic heterocycles. The van der Waals surface area contributed by atoms with Crippen molar-refractivity contribution in [1.82, 2.24) is 9.55 Å². The summed E-state index contributed by atoms with van der Waals surface area (Å²) in [5.74, 6) is 1.49. The summed E-state index contributed by atoms with van der Waals surface area (Å²) in [6.45, 7) is 10.7. The Kier molecular flexibility index (Phi) is 4.35. The Bertz CT molecular complexity index is 682. The number of halogens is 2. The molecule has 1 aromatic carbocycles. The molecule has 0 saturated heterocycles. The fraction of sp³-hybridized carbons (Fsp3) is 0.312. The third kappa shape index (κ3) is 3.09. The first-order valence-electron chi connectivity index (χ1n) is 6.68. The van der Waals surface area contributed by atoms with Crippen LogP contribution in [0.25, 0.3) is 11.3 Å². The highest BCUT2D eigenvalue weighted by molar-refractivity contribution is 6.36. The number of hydrogen-bond donors (Lipinski definition) is 1. The second kappa shape index (κ2) is 5.74. The number of nitrogens with two attached hydrogens (primary N) is 1. The molecule has 112 valence electrons. The third-order valence-electron chi connectivity index (χ3n) is 3.18. The summed E-state index contributed by atoms with van der Waals surface area (Å²) in [5, 5.41) is 1.13. The minimum atomic E-state index is -0.131. The average molecular weight is 324 g/mol. The molecule has 0 atom stereocenters. The highest BCUT2D eigenvalue weighted by Gasteiger charge is 2.25. The van der Waals surface area contributed by atoms with Gasteiger partial charge in [-0.1, -0.05) is 50.0 Å². The van der Waals surface area contributed by atoms with Gasteiger partial charge < -0.3 is 10.3 Å². The molecule has 0 radical (unpaired) electrons. The Labute approximate surface area is 135 Å². The molecule has 2 N–H and O–H groups in total. The topological polar surface area (TPSA) is 43.8 Å². The minimum Gasteiger partial charge on any atom is -0.383 e. The van der Waals surface area contributed by atoms with Crippen LogP contribution < -0.4 is 5.73 Å². The minimum absolute atomic E-state index is 0.131. The number of benzene rings is 1. The van der Waals surface area contributed by atoms with E-state index in [0.717, 1.165) is 11.4 Å². The fourth-order valence-electron chi connectivity index (χ4n) is 2.23. The Morgan fingerprint density at radius 1 is 1.33 bits per heavy atom. The largest absolute Gasteiger partial charge is 0.383 e. The molecule has 0 aliphatic rings.